The van der Waals surface area contributed by atoms with Crippen LogP contribution in [-0.2, 0) is 20.7 Å². The monoisotopic (exact) mass is 571 g/mol. The van der Waals surface area contributed by atoms with Gasteiger partial charge in [-0.2, -0.15) is 0 Å². The van der Waals surface area contributed by atoms with Crippen LogP contribution in [0.4, 0.5) is 15.8 Å². The molecular formula is C32H34FN5O4. The van der Waals surface area contributed by atoms with Crippen molar-refractivity contribution in [3.8, 4) is 5.88 Å². The second kappa shape index (κ2) is 12.5. The lowest BCUT2D eigenvalue weighted by Crippen LogP contribution is -2.48. The van der Waals surface area contributed by atoms with Crippen LogP contribution in [-0.4, -0.2) is 91.4 Å². The van der Waals surface area contributed by atoms with E-state index in [0.717, 1.165) is 37.4 Å². The quantitative estimate of drug-likeness (QED) is 0.244. The molecule has 0 bridgehead atoms. The van der Waals surface area contributed by atoms with Gasteiger partial charge < -0.3 is 24.6 Å². The highest BCUT2D eigenvalue weighted by Crippen LogP contribution is 2.32. The minimum absolute atomic E-state index is 0.0134. The van der Waals surface area contributed by atoms with E-state index < -0.39 is 5.82 Å². The van der Waals surface area contributed by atoms with Gasteiger partial charge >= 0.3 is 5.97 Å². The predicted octanol–water partition coefficient (Wildman–Crippen LogP) is 4.11. The molecule has 1 amide bonds. The molecule has 1 aliphatic rings. The van der Waals surface area contributed by atoms with Gasteiger partial charge in [-0.1, -0.05) is 24.3 Å². The lowest BCUT2D eigenvalue weighted by atomic mass is 9.99. The molecule has 0 saturated carbocycles. The number of carbonyl (C=O) groups excluding carboxylic acids is 2. The Kier molecular flexibility index (Phi) is 8.65. The maximum Gasteiger partial charge on any atom is 0.309 e. The molecule has 10 heteroatoms. The predicted molar refractivity (Wildman–Crippen MR) is 161 cm³/mol. The lowest BCUT2D eigenvalue weighted by Gasteiger charge is -2.32. The average Bonchev–Trinajstić information content (AvgIpc) is 3.31. The summed E-state index contributed by atoms with van der Waals surface area (Å²) in [7, 11) is 5.19. The minimum atomic E-state index is -0.428. The number of H-pyrrole nitrogens is 1. The van der Waals surface area contributed by atoms with Crippen molar-refractivity contribution in [1.82, 2.24) is 14.8 Å². The second-order valence-corrected chi connectivity index (χ2v) is 10.5. The van der Waals surface area contributed by atoms with Crippen molar-refractivity contribution in [3.05, 3.63) is 89.2 Å². The Bertz CT molecular complexity index is 1610. The van der Waals surface area contributed by atoms with Gasteiger partial charge in [0, 0.05) is 49.9 Å². The number of aromatic hydroxyl groups is 1. The molecule has 0 spiro atoms. The molecule has 2 N–H and O–H groups in total. The zero-order valence-electron chi connectivity index (χ0n) is 23.9. The van der Waals surface area contributed by atoms with Crippen LogP contribution in [0.2, 0.25) is 0 Å². The van der Waals surface area contributed by atoms with Crippen molar-refractivity contribution >= 4 is 39.9 Å². The largest absolute Gasteiger partial charge is 0.494 e. The van der Waals surface area contributed by atoms with E-state index in [1.165, 1.54) is 19.2 Å². The molecule has 5 rings (SSSR count). The van der Waals surface area contributed by atoms with Crippen molar-refractivity contribution in [2.24, 2.45) is 4.99 Å². The van der Waals surface area contributed by atoms with Crippen molar-refractivity contribution in [2.75, 3.05) is 58.8 Å². The fourth-order valence-electron chi connectivity index (χ4n) is 5.01. The highest BCUT2D eigenvalue weighted by atomic mass is 19.1. The number of aromatic nitrogens is 1. The Morgan fingerprint density at radius 2 is 1.71 bits per heavy atom. The van der Waals surface area contributed by atoms with Gasteiger partial charge in [-0.05, 0) is 55.1 Å². The number of piperazine rings is 1. The van der Waals surface area contributed by atoms with Crippen LogP contribution < -0.4 is 4.90 Å². The minimum Gasteiger partial charge on any atom is -0.494 e. The van der Waals surface area contributed by atoms with E-state index in [1.54, 1.807) is 30.1 Å². The van der Waals surface area contributed by atoms with Gasteiger partial charge in [-0.25, -0.2) is 9.38 Å². The summed E-state index contributed by atoms with van der Waals surface area (Å²) in [6, 6.07) is 18.8. The van der Waals surface area contributed by atoms with E-state index in [4.69, 9.17) is 9.73 Å². The fourth-order valence-corrected chi connectivity index (χ4v) is 5.01. The van der Waals surface area contributed by atoms with Crippen LogP contribution in [0.25, 0.3) is 10.9 Å². The van der Waals surface area contributed by atoms with Crippen molar-refractivity contribution in [2.45, 2.75) is 6.42 Å². The number of methoxy groups -OCH3 is 1. The van der Waals surface area contributed by atoms with Crippen molar-refractivity contribution in [3.63, 3.8) is 0 Å². The number of nitrogens with one attached hydrogen (secondary N) is 1. The number of likely N-dealkylation sites (N-methyl/N-ethyl adjacent to an activating group) is 2. The summed E-state index contributed by atoms with van der Waals surface area (Å²) in [6.45, 7) is 3.98. The number of aliphatic imine (C=N–C) groups is 1. The molecule has 1 aromatic heterocycles. The molecule has 0 radical (unpaired) electrons. The van der Waals surface area contributed by atoms with Crippen LogP contribution in [0, 0.1) is 5.82 Å². The summed E-state index contributed by atoms with van der Waals surface area (Å²) in [5.41, 5.74) is 4.12. The molecule has 42 heavy (non-hydrogen) atoms. The normalized spacial score (nSPS) is 14.7. The number of aromatic amines is 1. The zero-order chi connectivity index (χ0) is 29.8. The number of hydrogen-bond donors (Lipinski definition) is 2. The molecule has 0 aliphatic carbocycles. The first kappa shape index (κ1) is 29.0. The maximum atomic E-state index is 13.9. The van der Waals surface area contributed by atoms with Crippen LogP contribution >= 0.6 is 0 Å². The summed E-state index contributed by atoms with van der Waals surface area (Å²) in [6.07, 6.45) is 0.128. The van der Waals surface area contributed by atoms with E-state index in [1.807, 2.05) is 36.4 Å². The molecule has 1 fully saturated rings. The van der Waals surface area contributed by atoms with E-state index in [9.17, 15) is 19.1 Å². The van der Waals surface area contributed by atoms with Crippen molar-refractivity contribution in [1.29, 1.82) is 0 Å². The summed E-state index contributed by atoms with van der Waals surface area (Å²) in [5, 5.41) is 11.5. The number of fused-ring (bicyclic) bond motifs is 1. The van der Waals surface area contributed by atoms with E-state index >= 15 is 0 Å². The maximum absolute atomic E-state index is 13.9. The third-order valence-corrected chi connectivity index (χ3v) is 7.59. The Labute approximate surface area is 243 Å². The third kappa shape index (κ3) is 6.50. The summed E-state index contributed by atoms with van der Waals surface area (Å²) in [4.78, 5) is 38.5. The van der Waals surface area contributed by atoms with Gasteiger partial charge in [0.1, 0.15) is 5.82 Å². The molecule has 2 heterocycles. The van der Waals surface area contributed by atoms with Gasteiger partial charge in [-0.3, -0.25) is 14.5 Å². The topological polar surface area (TPSA) is 101 Å². The molecule has 0 atom stereocenters. The lowest BCUT2D eigenvalue weighted by molar-refractivity contribution is -0.139. The molecule has 218 valence electrons. The molecule has 1 aliphatic heterocycles. The molecule has 0 unspecified atom stereocenters. The first-order valence-corrected chi connectivity index (χ1v) is 13.7. The Hall–Kier alpha value is -4.54. The SMILES string of the molecule is COC(=O)Cc1ccc(C(=Nc2ccc(N(C)C(=O)CN3CCN(C)CC3)cc2)c2c(O)[nH]c3cc(F)ccc23)cc1. The van der Waals surface area contributed by atoms with Crippen LogP contribution in [0.15, 0.2) is 71.7 Å². The Morgan fingerprint density at radius 3 is 2.38 bits per heavy atom. The van der Waals surface area contributed by atoms with E-state index in [2.05, 4.69) is 21.8 Å². The number of halogens is 1. The van der Waals surface area contributed by atoms with E-state index in [-0.39, 0.29) is 24.2 Å². The average molecular weight is 572 g/mol. The number of benzene rings is 3. The number of hydrogen-bond acceptors (Lipinski definition) is 7. The molecule has 4 aromatic rings. The highest BCUT2D eigenvalue weighted by molar-refractivity contribution is 6.21. The number of amides is 1. The summed E-state index contributed by atoms with van der Waals surface area (Å²) >= 11 is 0. The summed E-state index contributed by atoms with van der Waals surface area (Å²) in [5.74, 6) is -0.902. The third-order valence-electron chi connectivity index (χ3n) is 7.59. The van der Waals surface area contributed by atoms with Crippen LogP contribution in [0.1, 0.15) is 16.7 Å². The second-order valence-electron chi connectivity index (χ2n) is 10.5. The number of anilines is 1. The first-order chi connectivity index (χ1) is 20.2. The van der Waals surface area contributed by atoms with E-state index in [0.29, 0.717) is 40.0 Å². The fraction of sp³-hybridized carbons (Fsp3) is 0.281. The van der Waals surface area contributed by atoms with Gasteiger partial charge in [-0.15, -0.1) is 0 Å². The van der Waals surface area contributed by atoms with Crippen LogP contribution in [0.3, 0.4) is 0 Å². The smallest absolute Gasteiger partial charge is 0.309 e. The number of nitrogens with zero attached hydrogens (tertiary/aromatic N) is 4. The number of rotatable bonds is 8. The van der Waals surface area contributed by atoms with Gasteiger partial charge in [0.2, 0.25) is 5.91 Å². The number of ether oxygens (including phenoxy) is 1. The molecule has 9 nitrogen and oxygen atoms in total. The number of carbonyl (C=O) groups is 2. The standard InChI is InChI=1S/C32H34FN5O4/c1-36-14-16-38(17-15-36)20-28(39)37(2)25-11-9-24(10-12-25)34-31(22-6-4-21(5-7-22)18-29(40)42-3)30-26-13-8-23(33)19-27(26)35-32(30)41/h4-13,19,35,41H,14-18,20H2,1-3H3. The number of esters is 1. The Balaban J connectivity index is 1.45. The summed E-state index contributed by atoms with van der Waals surface area (Å²) < 4.78 is 18.7. The Morgan fingerprint density at radius 1 is 1.02 bits per heavy atom. The zero-order valence-corrected chi connectivity index (χ0v) is 23.9. The van der Waals surface area contributed by atoms with Crippen molar-refractivity contribution < 1.29 is 23.8 Å². The molecular weight excluding hydrogens is 537 g/mol. The van der Waals surface area contributed by atoms with Gasteiger partial charge in [0.25, 0.3) is 0 Å². The van der Waals surface area contributed by atoms with Crippen LogP contribution in [0.5, 0.6) is 5.88 Å². The van der Waals surface area contributed by atoms with Gasteiger partial charge in [0.05, 0.1) is 42.6 Å². The first-order valence-electron chi connectivity index (χ1n) is 13.7. The molecule has 3 aromatic carbocycles. The molecule has 1 saturated heterocycles. The highest BCUT2D eigenvalue weighted by Gasteiger charge is 2.21. The van der Waals surface area contributed by atoms with Gasteiger partial charge in [0.15, 0.2) is 5.88 Å².